The third-order valence-corrected chi connectivity index (χ3v) is 5.10. The van der Waals surface area contributed by atoms with E-state index in [0.717, 1.165) is 38.2 Å². The Kier molecular flexibility index (Phi) is 4.58. The van der Waals surface area contributed by atoms with Gasteiger partial charge < -0.3 is 4.90 Å². The highest BCUT2D eigenvalue weighted by Crippen LogP contribution is 2.19. The van der Waals surface area contributed by atoms with E-state index >= 15 is 0 Å². The van der Waals surface area contributed by atoms with Gasteiger partial charge in [0.1, 0.15) is 0 Å². The molecular weight excluding hydrogens is 334 g/mol. The van der Waals surface area contributed by atoms with Crippen LogP contribution in [0.5, 0.6) is 0 Å². The zero-order chi connectivity index (χ0) is 17.1. The minimum atomic E-state index is -0.0681. The maximum atomic E-state index is 12.3. The largest absolute Gasteiger partial charge is 0.323 e. The Labute approximate surface area is 150 Å². The van der Waals surface area contributed by atoms with Crippen LogP contribution >= 0.6 is 11.3 Å². The van der Waals surface area contributed by atoms with Gasteiger partial charge in [0, 0.05) is 55.9 Å². The normalized spacial score (nSPS) is 15.4. The molecule has 1 fully saturated rings. The number of nitrogens with one attached hydrogen (secondary N) is 1. The van der Waals surface area contributed by atoms with Crippen LogP contribution in [0.3, 0.4) is 0 Å². The highest BCUT2D eigenvalue weighted by atomic mass is 32.1. The van der Waals surface area contributed by atoms with Crippen molar-refractivity contribution in [1.82, 2.24) is 19.8 Å². The van der Waals surface area contributed by atoms with E-state index in [-0.39, 0.29) is 6.03 Å². The highest BCUT2D eigenvalue weighted by Gasteiger charge is 2.22. The molecule has 3 heterocycles. The third-order valence-electron chi connectivity index (χ3n) is 4.42. The van der Waals surface area contributed by atoms with Crippen LogP contribution in [0, 0.1) is 0 Å². The van der Waals surface area contributed by atoms with E-state index in [0.29, 0.717) is 5.13 Å². The Bertz CT molecular complexity index is 854. The summed E-state index contributed by atoms with van der Waals surface area (Å²) < 4.78 is 0. The van der Waals surface area contributed by atoms with Gasteiger partial charge in [0.25, 0.3) is 0 Å². The number of nitrogens with zero attached hydrogens (tertiary/aromatic N) is 4. The zero-order valence-electron chi connectivity index (χ0n) is 13.8. The summed E-state index contributed by atoms with van der Waals surface area (Å²) in [6.07, 6.45) is 3.53. The van der Waals surface area contributed by atoms with Crippen molar-refractivity contribution < 1.29 is 4.79 Å². The maximum absolute atomic E-state index is 12.3. The highest BCUT2D eigenvalue weighted by molar-refractivity contribution is 7.13. The summed E-state index contributed by atoms with van der Waals surface area (Å²) in [4.78, 5) is 25.1. The van der Waals surface area contributed by atoms with Crippen LogP contribution in [0.25, 0.3) is 10.9 Å². The molecule has 1 aromatic carbocycles. The van der Waals surface area contributed by atoms with E-state index in [9.17, 15) is 4.79 Å². The number of para-hydroxylation sites is 1. The van der Waals surface area contributed by atoms with Crippen molar-refractivity contribution in [3.8, 4) is 0 Å². The second-order valence-corrected chi connectivity index (χ2v) is 6.92. The van der Waals surface area contributed by atoms with Crippen molar-refractivity contribution in [3.05, 3.63) is 53.7 Å². The number of hydrogen-bond donors (Lipinski definition) is 1. The van der Waals surface area contributed by atoms with Crippen molar-refractivity contribution in [3.63, 3.8) is 0 Å². The van der Waals surface area contributed by atoms with E-state index < -0.39 is 0 Å². The Hall–Kier alpha value is -2.51. The van der Waals surface area contributed by atoms with Gasteiger partial charge in [-0.3, -0.25) is 15.2 Å². The van der Waals surface area contributed by atoms with Crippen LogP contribution in [0.2, 0.25) is 0 Å². The van der Waals surface area contributed by atoms with Gasteiger partial charge in [0.15, 0.2) is 5.13 Å². The number of thiazole rings is 1. The summed E-state index contributed by atoms with van der Waals surface area (Å²) in [5.41, 5.74) is 2.30. The first-order chi connectivity index (χ1) is 12.3. The summed E-state index contributed by atoms with van der Waals surface area (Å²) in [7, 11) is 0. The minimum Gasteiger partial charge on any atom is -0.322 e. The monoisotopic (exact) mass is 353 g/mol. The molecule has 0 radical (unpaired) electrons. The molecule has 2 aromatic heterocycles. The molecular formula is C18H19N5OS. The quantitative estimate of drug-likeness (QED) is 0.786. The second-order valence-electron chi connectivity index (χ2n) is 6.02. The van der Waals surface area contributed by atoms with Crippen LogP contribution in [0.4, 0.5) is 9.93 Å². The maximum Gasteiger partial charge on any atom is 0.323 e. The zero-order valence-corrected chi connectivity index (χ0v) is 14.6. The number of anilines is 1. The molecule has 1 aliphatic rings. The molecule has 1 N–H and O–H groups in total. The standard InChI is InChI=1S/C18H19N5OS/c24-18(21-17-20-7-12-25-17)23-10-8-22(9-11-23)13-15-4-1-3-14-5-2-6-19-16(14)15/h1-7,12H,8-11,13H2,(H,20,21,24). The third kappa shape index (κ3) is 3.62. The Balaban J connectivity index is 1.36. The number of piperazine rings is 1. The van der Waals surface area contributed by atoms with E-state index in [1.165, 1.54) is 22.3 Å². The van der Waals surface area contributed by atoms with Gasteiger partial charge in [-0.25, -0.2) is 9.78 Å². The first-order valence-electron chi connectivity index (χ1n) is 8.30. The van der Waals surface area contributed by atoms with Gasteiger partial charge in [-0.05, 0) is 11.6 Å². The van der Waals surface area contributed by atoms with E-state index in [2.05, 4.69) is 44.5 Å². The van der Waals surface area contributed by atoms with Crippen molar-refractivity contribution in [2.45, 2.75) is 6.54 Å². The number of hydrogen-bond acceptors (Lipinski definition) is 5. The fraction of sp³-hybridized carbons (Fsp3) is 0.278. The molecule has 1 aliphatic heterocycles. The van der Waals surface area contributed by atoms with Gasteiger partial charge >= 0.3 is 6.03 Å². The molecule has 7 heteroatoms. The van der Waals surface area contributed by atoms with Gasteiger partial charge in [-0.2, -0.15) is 0 Å². The molecule has 0 saturated carbocycles. The second kappa shape index (κ2) is 7.16. The van der Waals surface area contributed by atoms with E-state index in [1.807, 2.05) is 22.5 Å². The average molecular weight is 353 g/mol. The predicted molar refractivity (Wildman–Crippen MR) is 99.7 cm³/mol. The summed E-state index contributed by atoms with van der Waals surface area (Å²) >= 11 is 1.43. The Morgan fingerprint density at radius 2 is 1.92 bits per heavy atom. The number of fused-ring (bicyclic) bond motifs is 1. The average Bonchev–Trinajstić information content (AvgIpc) is 3.16. The molecule has 1 saturated heterocycles. The summed E-state index contributed by atoms with van der Waals surface area (Å²) in [6, 6.07) is 10.3. The van der Waals surface area contributed by atoms with Crippen LogP contribution in [-0.4, -0.2) is 52.0 Å². The molecule has 4 rings (SSSR count). The molecule has 25 heavy (non-hydrogen) atoms. The number of rotatable bonds is 3. The molecule has 0 unspecified atom stereocenters. The van der Waals surface area contributed by atoms with Crippen molar-refractivity contribution in [2.75, 3.05) is 31.5 Å². The van der Waals surface area contributed by atoms with Gasteiger partial charge in [-0.15, -0.1) is 11.3 Å². The van der Waals surface area contributed by atoms with Crippen molar-refractivity contribution in [1.29, 1.82) is 0 Å². The topological polar surface area (TPSA) is 61.4 Å². The van der Waals surface area contributed by atoms with Gasteiger partial charge in [-0.1, -0.05) is 24.3 Å². The number of pyridine rings is 1. The minimum absolute atomic E-state index is 0.0681. The van der Waals surface area contributed by atoms with Crippen LogP contribution in [-0.2, 0) is 6.54 Å². The number of carbonyl (C=O) groups is 1. The number of urea groups is 1. The lowest BCUT2D eigenvalue weighted by Crippen LogP contribution is -2.49. The smallest absolute Gasteiger partial charge is 0.322 e. The van der Waals surface area contributed by atoms with Crippen molar-refractivity contribution in [2.24, 2.45) is 0 Å². The van der Waals surface area contributed by atoms with E-state index in [4.69, 9.17) is 0 Å². The first-order valence-corrected chi connectivity index (χ1v) is 9.18. The number of amides is 2. The number of aromatic nitrogens is 2. The number of benzene rings is 1. The Morgan fingerprint density at radius 1 is 1.08 bits per heavy atom. The summed E-state index contributed by atoms with van der Waals surface area (Å²) in [6.45, 7) is 4.00. The van der Waals surface area contributed by atoms with Crippen LogP contribution in [0.1, 0.15) is 5.56 Å². The molecule has 0 aliphatic carbocycles. The first kappa shape index (κ1) is 16.0. The predicted octanol–water partition coefficient (Wildman–Crippen LogP) is 3.04. The van der Waals surface area contributed by atoms with Crippen molar-refractivity contribution >= 4 is 33.4 Å². The van der Waals surface area contributed by atoms with Gasteiger partial charge in [0.2, 0.25) is 0 Å². The lowest BCUT2D eigenvalue weighted by Gasteiger charge is -2.34. The molecule has 0 spiro atoms. The molecule has 3 aromatic rings. The molecule has 0 bridgehead atoms. The molecule has 6 nitrogen and oxygen atoms in total. The van der Waals surface area contributed by atoms with Gasteiger partial charge in [0.05, 0.1) is 5.52 Å². The van der Waals surface area contributed by atoms with Crippen LogP contribution in [0.15, 0.2) is 48.1 Å². The SMILES string of the molecule is O=C(Nc1nccs1)N1CCN(Cc2cccc3cccnc23)CC1. The summed E-state index contributed by atoms with van der Waals surface area (Å²) in [5, 5.41) is 6.51. The fourth-order valence-electron chi connectivity index (χ4n) is 3.10. The molecule has 128 valence electrons. The molecule has 2 amide bonds. The van der Waals surface area contributed by atoms with E-state index in [1.54, 1.807) is 6.20 Å². The fourth-order valence-corrected chi connectivity index (χ4v) is 3.62. The lowest BCUT2D eigenvalue weighted by molar-refractivity contribution is 0.143. The lowest BCUT2D eigenvalue weighted by atomic mass is 10.1. The number of carbonyl (C=O) groups excluding carboxylic acids is 1. The molecule has 0 atom stereocenters. The Morgan fingerprint density at radius 3 is 2.72 bits per heavy atom. The summed E-state index contributed by atoms with van der Waals surface area (Å²) in [5.74, 6) is 0. The van der Waals surface area contributed by atoms with Crippen LogP contribution < -0.4 is 5.32 Å².